The van der Waals surface area contributed by atoms with Crippen LogP contribution in [0.15, 0.2) is 42.5 Å². The second-order valence-corrected chi connectivity index (χ2v) is 3.37. The second-order valence-electron chi connectivity index (χ2n) is 3.37. The zero-order valence-electron chi connectivity index (χ0n) is 8.38. The summed E-state index contributed by atoms with van der Waals surface area (Å²) in [4.78, 5) is 0. The molecule has 0 amide bonds. The van der Waals surface area contributed by atoms with Crippen molar-refractivity contribution in [1.82, 2.24) is 0 Å². The third kappa shape index (κ3) is 1.69. The van der Waals surface area contributed by atoms with Gasteiger partial charge in [-0.05, 0) is 11.6 Å². The molecule has 16 heavy (non-hydrogen) atoms. The lowest BCUT2D eigenvalue weighted by molar-refractivity contribution is 0.450. The molecule has 0 spiro atoms. The van der Waals surface area contributed by atoms with Crippen LogP contribution in [0.5, 0.6) is 11.5 Å². The number of rotatable bonds is 1. The maximum Gasteiger partial charge on any atom is 0.137 e. The molecular formula is C13H9NO2. The fourth-order valence-corrected chi connectivity index (χ4v) is 1.57. The second kappa shape index (κ2) is 3.95. The molecule has 3 heteroatoms. The largest absolute Gasteiger partial charge is 0.508 e. The summed E-state index contributed by atoms with van der Waals surface area (Å²) >= 11 is 0. The van der Waals surface area contributed by atoms with E-state index in [1.807, 2.05) is 36.4 Å². The highest BCUT2D eigenvalue weighted by molar-refractivity contribution is 5.75. The van der Waals surface area contributed by atoms with Crippen LogP contribution in [-0.4, -0.2) is 10.2 Å². The van der Waals surface area contributed by atoms with Gasteiger partial charge in [0.25, 0.3) is 0 Å². The minimum absolute atomic E-state index is 0.0599. The molecule has 0 unspecified atom stereocenters. The van der Waals surface area contributed by atoms with Crippen LogP contribution < -0.4 is 0 Å². The Morgan fingerprint density at radius 1 is 1.00 bits per heavy atom. The van der Waals surface area contributed by atoms with Gasteiger partial charge in [0.05, 0.1) is 0 Å². The molecule has 0 aliphatic heterocycles. The van der Waals surface area contributed by atoms with E-state index in [2.05, 4.69) is 0 Å². The van der Waals surface area contributed by atoms with Gasteiger partial charge in [-0.25, -0.2) is 0 Å². The van der Waals surface area contributed by atoms with E-state index in [1.165, 1.54) is 6.07 Å². The lowest BCUT2D eigenvalue weighted by Gasteiger charge is -2.06. The molecule has 0 bridgehead atoms. The zero-order valence-corrected chi connectivity index (χ0v) is 8.38. The standard InChI is InChI=1S/C13H9NO2/c14-8-12-11(6-10(15)7-13(12)16)9-4-2-1-3-5-9/h1-7,15-16H. The van der Waals surface area contributed by atoms with Crippen molar-refractivity contribution in [1.29, 1.82) is 5.26 Å². The van der Waals surface area contributed by atoms with E-state index in [0.29, 0.717) is 5.56 Å². The van der Waals surface area contributed by atoms with E-state index in [4.69, 9.17) is 5.26 Å². The van der Waals surface area contributed by atoms with Crippen LogP contribution in [-0.2, 0) is 0 Å². The van der Waals surface area contributed by atoms with Gasteiger partial charge >= 0.3 is 0 Å². The number of phenols is 2. The van der Waals surface area contributed by atoms with Crippen LogP contribution in [0.1, 0.15) is 5.56 Å². The SMILES string of the molecule is N#Cc1c(O)cc(O)cc1-c1ccccc1. The molecule has 2 N–H and O–H groups in total. The average molecular weight is 211 g/mol. The van der Waals surface area contributed by atoms with E-state index in [9.17, 15) is 10.2 Å². The third-order valence-electron chi connectivity index (χ3n) is 2.30. The zero-order chi connectivity index (χ0) is 11.5. The van der Waals surface area contributed by atoms with Gasteiger partial charge in [-0.1, -0.05) is 30.3 Å². The molecule has 2 aromatic rings. The minimum atomic E-state index is -0.207. The predicted octanol–water partition coefficient (Wildman–Crippen LogP) is 2.64. The Morgan fingerprint density at radius 3 is 2.31 bits per heavy atom. The Labute approximate surface area is 92.8 Å². The van der Waals surface area contributed by atoms with Gasteiger partial charge in [-0.15, -0.1) is 0 Å². The van der Waals surface area contributed by atoms with Gasteiger partial charge in [-0.2, -0.15) is 5.26 Å². The fraction of sp³-hybridized carbons (Fsp3) is 0. The first-order valence-corrected chi connectivity index (χ1v) is 4.74. The number of benzene rings is 2. The van der Waals surface area contributed by atoms with E-state index in [-0.39, 0.29) is 17.1 Å². The Hall–Kier alpha value is -2.47. The summed E-state index contributed by atoms with van der Waals surface area (Å²) in [7, 11) is 0. The maximum absolute atomic E-state index is 9.55. The van der Waals surface area contributed by atoms with Crippen molar-refractivity contribution in [2.24, 2.45) is 0 Å². The van der Waals surface area contributed by atoms with Crippen LogP contribution in [0.3, 0.4) is 0 Å². The fourth-order valence-electron chi connectivity index (χ4n) is 1.57. The van der Waals surface area contributed by atoms with Crippen molar-refractivity contribution in [2.45, 2.75) is 0 Å². The Balaban J connectivity index is 2.70. The molecule has 0 heterocycles. The van der Waals surface area contributed by atoms with Crippen LogP contribution in [0.25, 0.3) is 11.1 Å². The predicted molar refractivity (Wildman–Crippen MR) is 59.9 cm³/mol. The van der Waals surface area contributed by atoms with Crippen molar-refractivity contribution < 1.29 is 10.2 Å². The summed E-state index contributed by atoms with van der Waals surface area (Å²) in [6.07, 6.45) is 0. The summed E-state index contributed by atoms with van der Waals surface area (Å²) in [5, 5.41) is 27.9. The quantitative estimate of drug-likeness (QED) is 0.762. The summed E-state index contributed by atoms with van der Waals surface area (Å²) in [5.74, 6) is -0.267. The van der Waals surface area contributed by atoms with Crippen molar-refractivity contribution in [3.8, 4) is 28.7 Å². The molecule has 0 saturated heterocycles. The summed E-state index contributed by atoms with van der Waals surface area (Å²) in [6, 6.07) is 13.7. The third-order valence-corrected chi connectivity index (χ3v) is 2.30. The minimum Gasteiger partial charge on any atom is -0.508 e. The number of aromatic hydroxyl groups is 2. The van der Waals surface area contributed by atoms with Crippen LogP contribution >= 0.6 is 0 Å². The number of nitrogens with zero attached hydrogens (tertiary/aromatic N) is 1. The molecule has 0 saturated carbocycles. The van der Waals surface area contributed by atoms with Crippen molar-refractivity contribution in [3.63, 3.8) is 0 Å². The van der Waals surface area contributed by atoms with Crippen LogP contribution in [0.2, 0.25) is 0 Å². The first kappa shape index (κ1) is 10.1. The number of phenolic OH excluding ortho intramolecular Hbond substituents is 2. The van der Waals surface area contributed by atoms with Gasteiger partial charge in [0.2, 0.25) is 0 Å². The van der Waals surface area contributed by atoms with Crippen LogP contribution in [0.4, 0.5) is 0 Å². The number of hydrogen-bond donors (Lipinski definition) is 2. The Kier molecular flexibility index (Phi) is 2.49. The first-order chi connectivity index (χ1) is 7.72. The molecule has 0 radical (unpaired) electrons. The normalized spacial score (nSPS) is 9.69. The molecule has 0 atom stereocenters. The van der Waals surface area contributed by atoms with Gasteiger partial charge in [0.15, 0.2) is 0 Å². The first-order valence-electron chi connectivity index (χ1n) is 4.74. The van der Waals surface area contributed by atoms with Gasteiger partial charge in [0, 0.05) is 11.6 Å². The van der Waals surface area contributed by atoms with E-state index in [0.717, 1.165) is 11.6 Å². The van der Waals surface area contributed by atoms with Crippen molar-refractivity contribution in [2.75, 3.05) is 0 Å². The van der Waals surface area contributed by atoms with Crippen molar-refractivity contribution in [3.05, 3.63) is 48.0 Å². The molecule has 2 aromatic carbocycles. The van der Waals surface area contributed by atoms with Gasteiger partial charge < -0.3 is 10.2 Å². The highest BCUT2D eigenvalue weighted by atomic mass is 16.3. The molecule has 0 aliphatic rings. The molecule has 0 aliphatic carbocycles. The smallest absolute Gasteiger partial charge is 0.137 e. The molecule has 78 valence electrons. The maximum atomic E-state index is 9.55. The topological polar surface area (TPSA) is 64.2 Å². The van der Waals surface area contributed by atoms with Crippen LogP contribution in [0, 0.1) is 11.3 Å². The average Bonchev–Trinajstić information content (AvgIpc) is 2.29. The van der Waals surface area contributed by atoms with E-state index in [1.54, 1.807) is 0 Å². The summed E-state index contributed by atoms with van der Waals surface area (Å²) < 4.78 is 0. The number of hydrogen-bond acceptors (Lipinski definition) is 3. The monoisotopic (exact) mass is 211 g/mol. The summed E-state index contributed by atoms with van der Waals surface area (Å²) in [6.45, 7) is 0. The Morgan fingerprint density at radius 2 is 1.69 bits per heavy atom. The summed E-state index contributed by atoms with van der Waals surface area (Å²) in [5.41, 5.74) is 1.48. The molecule has 0 fully saturated rings. The molecule has 2 rings (SSSR count). The van der Waals surface area contributed by atoms with Gasteiger partial charge in [-0.3, -0.25) is 0 Å². The lowest BCUT2D eigenvalue weighted by atomic mass is 9.99. The number of nitriles is 1. The van der Waals surface area contributed by atoms with E-state index < -0.39 is 0 Å². The highest BCUT2D eigenvalue weighted by Gasteiger charge is 2.11. The Bertz CT molecular complexity index is 556. The van der Waals surface area contributed by atoms with Crippen molar-refractivity contribution >= 4 is 0 Å². The molecule has 3 nitrogen and oxygen atoms in total. The van der Waals surface area contributed by atoms with E-state index >= 15 is 0 Å². The molecule has 0 aromatic heterocycles. The highest BCUT2D eigenvalue weighted by Crippen LogP contribution is 2.33. The molecular weight excluding hydrogens is 202 g/mol. The van der Waals surface area contributed by atoms with Gasteiger partial charge in [0.1, 0.15) is 23.1 Å². The lowest BCUT2D eigenvalue weighted by Crippen LogP contribution is -1.85.